The van der Waals surface area contributed by atoms with E-state index in [1.54, 1.807) is 18.2 Å². The molecule has 1 aliphatic heterocycles. The lowest BCUT2D eigenvalue weighted by Crippen LogP contribution is -2.15. The number of benzene rings is 2. The number of ether oxygens (including phenoxy) is 2. The summed E-state index contributed by atoms with van der Waals surface area (Å²) in [6, 6.07) is 8.55. The number of aryl methyl sites for hydroxylation is 1. The van der Waals surface area contributed by atoms with Crippen LogP contribution in [0.2, 0.25) is 5.02 Å². The average molecular weight is 305 g/mol. The van der Waals surface area contributed by atoms with E-state index >= 15 is 0 Å². The zero-order chi connectivity index (χ0) is 15.0. The zero-order valence-corrected chi connectivity index (χ0v) is 12.0. The van der Waals surface area contributed by atoms with Crippen LogP contribution in [0.25, 0.3) is 0 Å². The van der Waals surface area contributed by atoms with Crippen LogP contribution in [0.1, 0.15) is 15.9 Å². The predicted molar refractivity (Wildman–Crippen MR) is 81.1 cm³/mol. The van der Waals surface area contributed by atoms with Crippen LogP contribution in [0.3, 0.4) is 0 Å². The molecule has 0 saturated heterocycles. The average Bonchev–Trinajstić information content (AvgIpc) is 2.89. The molecular weight excluding hydrogens is 292 g/mol. The first kappa shape index (κ1) is 13.6. The molecule has 108 valence electrons. The minimum atomic E-state index is -0.345. The summed E-state index contributed by atoms with van der Waals surface area (Å²) >= 11 is 6.10. The van der Waals surface area contributed by atoms with Gasteiger partial charge in [0.15, 0.2) is 11.5 Å². The maximum Gasteiger partial charge on any atom is 0.257 e. The lowest BCUT2D eigenvalue weighted by molar-refractivity contribution is 0.102. The van der Waals surface area contributed by atoms with E-state index in [9.17, 15) is 4.79 Å². The van der Waals surface area contributed by atoms with Gasteiger partial charge in [-0.3, -0.25) is 4.79 Å². The van der Waals surface area contributed by atoms with Crippen LogP contribution >= 0.6 is 11.6 Å². The maximum absolute atomic E-state index is 12.4. The number of nitrogen functional groups attached to an aromatic ring is 1. The van der Waals surface area contributed by atoms with Gasteiger partial charge in [-0.15, -0.1) is 0 Å². The Bertz CT molecular complexity index is 711. The molecule has 0 aromatic heterocycles. The van der Waals surface area contributed by atoms with Gasteiger partial charge in [0.05, 0.1) is 16.3 Å². The summed E-state index contributed by atoms with van der Waals surface area (Å²) in [5, 5.41) is 3.25. The van der Waals surface area contributed by atoms with E-state index in [2.05, 4.69) is 5.32 Å². The second-order valence-corrected chi connectivity index (χ2v) is 5.09. The summed E-state index contributed by atoms with van der Waals surface area (Å²) in [6.45, 7) is 1.99. The summed E-state index contributed by atoms with van der Waals surface area (Å²) < 4.78 is 10.5. The van der Waals surface area contributed by atoms with Gasteiger partial charge in [-0.25, -0.2) is 0 Å². The summed E-state index contributed by atoms with van der Waals surface area (Å²) in [4.78, 5) is 12.4. The standard InChI is InChI=1S/C15H13ClN2O3/c1-8-3-2-4-10(16)14(8)18-15(19)9-5-12-13(6-11(9)17)21-7-20-12/h2-6H,7,17H2,1H3,(H,18,19). The molecule has 1 heterocycles. The van der Waals surface area contributed by atoms with Gasteiger partial charge in [0.25, 0.3) is 5.91 Å². The maximum atomic E-state index is 12.4. The van der Waals surface area contributed by atoms with Crippen LogP contribution in [0.5, 0.6) is 11.5 Å². The zero-order valence-electron chi connectivity index (χ0n) is 11.3. The molecule has 6 heteroatoms. The molecule has 3 N–H and O–H groups in total. The molecule has 0 aliphatic carbocycles. The smallest absolute Gasteiger partial charge is 0.257 e. The van der Waals surface area contributed by atoms with Crippen molar-refractivity contribution in [3.63, 3.8) is 0 Å². The van der Waals surface area contributed by atoms with E-state index in [-0.39, 0.29) is 12.7 Å². The summed E-state index contributed by atoms with van der Waals surface area (Å²) in [6.07, 6.45) is 0. The number of nitrogens with two attached hydrogens (primary N) is 1. The molecule has 1 amide bonds. The van der Waals surface area contributed by atoms with Gasteiger partial charge < -0.3 is 20.5 Å². The quantitative estimate of drug-likeness (QED) is 0.836. The third-order valence-corrected chi connectivity index (χ3v) is 3.56. The first-order chi connectivity index (χ1) is 10.1. The molecule has 0 unspecified atom stereocenters. The van der Waals surface area contributed by atoms with Crippen molar-refractivity contribution in [1.29, 1.82) is 0 Å². The van der Waals surface area contributed by atoms with Crippen LogP contribution in [0.4, 0.5) is 11.4 Å². The van der Waals surface area contributed by atoms with E-state index in [0.717, 1.165) is 5.56 Å². The van der Waals surface area contributed by atoms with Crippen molar-refractivity contribution in [2.75, 3.05) is 17.8 Å². The molecule has 3 rings (SSSR count). The van der Waals surface area contributed by atoms with E-state index < -0.39 is 0 Å². The topological polar surface area (TPSA) is 73.6 Å². The largest absolute Gasteiger partial charge is 0.454 e. The number of carbonyl (C=O) groups excluding carboxylic acids is 1. The molecule has 21 heavy (non-hydrogen) atoms. The molecule has 1 aliphatic rings. The molecule has 2 aromatic carbocycles. The number of para-hydroxylation sites is 1. The second-order valence-electron chi connectivity index (χ2n) is 4.68. The van der Waals surface area contributed by atoms with Crippen LogP contribution in [-0.4, -0.2) is 12.7 Å². The minimum absolute atomic E-state index is 0.128. The monoisotopic (exact) mass is 304 g/mol. The predicted octanol–water partition coefficient (Wildman–Crippen LogP) is 3.21. The van der Waals surface area contributed by atoms with Gasteiger partial charge in [0.2, 0.25) is 6.79 Å². The number of hydrogen-bond acceptors (Lipinski definition) is 4. The lowest BCUT2D eigenvalue weighted by atomic mass is 10.1. The normalized spacial score (nSPS) is 12.3. The fourth-order valence-electron chi connectivity index (χ4n) is 2.13. The number of nitrogens with one attached hydrogen (secondary N) is 1. The van der Waals surface area contributed by atoms with Gasteiger partial charge in [-0.1, -0.05) is 23.7 Å². The summed E-state index contributed by atoms with van der Waals surface area (Å²) in [5.74, 6) is 0.699. The van der Waals surface area contributed by atoms with E-state index in [1.165, 1.54) is 0 Å². The Morgan fingerprint density at radius 2 is 2.00 bits per heavy atom. The molecular formula is C15H13ClN2O3. The highest BCUT2D eigenvalue weighted by Crippen LogP contribution is 2.36. The highest BCUT2D eigenvalue weighted by atomic mass is 35.5. The number of rotatable bonds is 2. The van der Waals surface area contributed by atoms with Crippen molar-refractivity contribution in [3.05, 3.63) is 46.5 Å². The van der Waals surface area contributed by atoms with Crippen LogP contribution in [0, 0.1) is 6.92 Å². The Labute approximate surface area is 126 Å². The molecule has 0 fully saturated rings. The van der Waals surface area contributed by atoms with E-state index in [0.29, 0.717) is 33.5 Å². The van der Waals surface area contributed by atoms with Crippen molar-refractivity contribution >= 4 is 28.9 Å². The molecule has 5 nitrogen and oxygen atoms in total. The number of amides is 1. The third-order valence-electron chi connectivity index (χ3n) is 3.25. The van der Waals surface area contributed by atoms with E-state index in [4.69, 9.17) is 26.8 Å². The van der Waals surface area contributed by atoms with Crippen molar-refractivity contribution in [3.8, 4) is 11.5 Å². The number of carbonyl (C=O) groups is 1. The van der Waals surface area contributed by atoms with Gasteiger partial charge in [0.1, 0.15) is 0 Å². The van der Waals surface area contributed by atoms with Crippen molar-refractivity contribution in [2.45, 2.75) is 6.92 Å². The number of fused-ring (bicyclic) bond motifs is 1. The first-order valence-electron chi connectivity index (χ1n) is 6.32. The van der Waals surface area contributed by atoms with Gasteiger partial charge in [-0.05, 0) is 24.6 Å². The molecule has 0 bridgehead atoms. The van der Waals surface area contributed by atoms with Crippen molar-refractivity contribution in [1.82, 2.24) is 0 Å². The highest BCUT2D eigenvalue weighted by Gasteiger charge is 2.20. The number of hydrogen-bond donors (Lipinski definition) is 2. The SMILES string of the molecule is Cc1cccc(Cl)c1NC(=O)c1cc2c(cc1N)OCO2. The van der Waals surface area contributed by atoms with Gasteiger partial charge >= 0.3 is 0 Å². The van der Waals surface area contributed by atoms with Crippen LogP contribution < -0.4 is 20.5 Å². The third kappa shape index (κ3) is 2.48. The van der Waals surface area contributed by atoms with Crippen LogP contribution in [0.15, 0.2) is 30.3 Å². The lowest BCUT2D eigenvalue weighted by Gasteiger charge is -2.12. The summed E-state index contributed by atoms with van der Waals surface area (Å²) in [7, 11) is 0. The molecule has 2 aromatic rings. The van der Waals surface area contributed by atoms with Gasteiger partial charge in [0, 0.05) is 11.8 Å². The Kier molecular flexibility index (Phi) is 3.35. The van der Waals surface area contributed by atoms with Crippen molar-refractivity contribution < 1.29 is 14.3 Å². The Hall–Kier alpha value is -2.40. The minimum Gasteiger partial charge on any atom is -0.454 e. The Morgan fingerprint density at radius 3 is 2.71 bits per heavy atom. The molecule has 0 radical (unpaired) electrons. The fraction of sp³-hybridized carbons (Fsp3) is 0.133. The Morgan fingerprint density at radius 1 is 1.29 bits per heavy atom. The Balaban J connectivity index is 1.93. The van der Waals surface area contributed by atoms with E-state index in [1.807, 2.05) is 19.1 Å². The van der Waals surface area contributed by atoms with Gasteiger partial charge in [-0.2, -0.15) is 0 Å². The van der Waals surface area contributed by atoms with Crippen molar-refractivity contribution in [2.24, 2.45) is 0 Å². The first-order valence-corrected chi connectivity index (χ1v) is 6.69. The molecule has 0 saturated carbocycles. The second kappa shape index (κ2) is 5.18. The fourth-order valence-corrected chi connectivity index (χ4v) is 2.39. The molecule has 0 spiro atoms. The highest BCUT2D eigenvalue weighted by molar-refractivity contribution is 6.34. The molecule has 0 atom stereocenters. The summed E-state index contributed by atoms with van der Waals surface area (Å²) in [5.41, 5.74) is 7.97. The van der Waals surface area contributed by atoms with Crippen LogP contribution in [-0.2, 0) is 0 Å². The number of anilines is 2. The number of halogens is 1.